The molecule has 2 aliphatic heterocycles. The summed E-state index contributed by atoms with van der Waals surface area (Å²) >= 11 is 0. The molecule has 0 unspecified atom stereocenters. The summed E-state index contributed by atoms with van der Waals surface area (Å²) in [6.45, 7) is 7.02. The minimum Gasteiger partial charge on any atom is -0.356 e. The third-order valence-corrected chi connectivity index (χ3v) is 9.33. The van der Waals surface area contributed by atoms with Crippen LogP contribution in [0.15, 0.2) is 35.4 Å². The van der Waals surface area contributed by atoms with E-state index >= 15 is 0 Å². The van der Waals surface area contributed by atoms with E-state index in [-0.39, 0.29) is 5.91 Å². The van der Waals surface area contributed by atoms with Crippen molar-refractivity contribution in [1.82, 2.24) is 19.1 Å². The van der Waals surface area contributed by atoms with Crippen LogP contribution < -0.4 is 5.32 Å². The number of likely N-dealkylation sites (tertiary alicyclic amines) is 1. The van der Waals surface area contributed by atoms with Crippen LogP contribution in [0.4, 0.5) is 0 Å². The van der Waals surface area contributed by atoms with Gasteiger partial charge in [-0.1, -0.05) is 19.8 Å². The van der Waals surface area contributed by atoms with Crippen molar-refractivity contribution in [3.05, 3.63) is 30.5 Å². The number of carbonyl (C=O) groups excluding carboxylic acids is 1. The van der Waals surface area contributed by atoms with E-state index in [4.69, 9.17) is 0 Å². The maximum Gasteiger partial charge on any atom is 0.243 e. The van der Waals surface area contributed by atoms with Gasteiger partial charge in [0.1, 0.15) is 0 Å². The first-order valence-corrected chi connectivity index (χ1v) is 14.5. The number of amides is 1. The molecule has 1 aromatic heterocycles. The van der Waals surface area contributed by atoms with E-state index in [9.17, 15) is 13.2 Å². The van der Waals surface area contributed by atoms with Crippen LogP contribution in [0, 0.1) is 0 Å². The maximum atomic E-state index is 13.0. The number of fused-ring (bicyclic) bond motifs is 1. The number of sulfonamides is 1. The summed E-state index contributed by atoms with van der Waals surface area (Å²) < 4.78 is 29.6. The number of hydrogen-bond acceptors (Lipinski definition) is 4. The Hall–Kier alpha value is -1.90. The Morgan fingerprint density at radius 3 is 2.62 bits per heavy atom. The Kier molecular flexibility index (Phi) is 8.66. The lowest BCUT2D eigenvalue weighted by Crippen LogP contribution is -2.40. The molecule has 1 amide bonds. The van der Waals surface area contributed by atoms with Gasteiger partial charge in [0.2, 0.25) is 15.9 Å². The van der Waals surface area contributed by atoms with Crippen molar-refractivity contribution in [2.45, 2.75) is 82.2 Å². The number of nitrogens with zero attached hydrogens (tertiary/aromatic N) is 3. The lowest BCUT2D eigenvalue weighted by Gasteiger charge is -2.35. The molecule has 0 aliphatic carbocycles. The molecule has 1 atom stereocenters. The molecule has 0 spiro atoms. The molecule has 2 aliphatic rings. The van der Waals surface area contributed by atoms with E-state index in [0.717, 1.165) is 49.7 Å². The second-order valence-corrected chi connectivity index (χ2v) is 11.7. The number of benzene rings is 1. The minimum absolute atomic E-state index is 0.0665. The third-order valence-electron chi connectivity index (χ3n) is 7.44. The predicted octanol–water partition coefficient (Wildman–Crippen LogP) is 3.98. The fraction of sp³-hybridized carbons (Fsp3) is 0.654. The normalized spacial score (nSPS) is 20.6. The Morgan fingerprint density at radius 2 is 1.82 bits per heavy atom. The smallest absolute Gasteiger partial charge is 0.243 e. The van der Waals surface area contributed by atoms with Gasteiger partial charge in [0.05, 0.1) is 4.90 Å². The number of piperidine rings is 2. The summed E-state index contributed by atoms with van der Waals surface area (Å²) in [6.07, 6.45) is 11.4. The van der Waals surface area contributed by atoms with Crippen LogP contribution in [0.5, 0.6) is 0 Å². The molecule has 4 rings (SSSR count). The average Bonchev–Trinajstić information content (AvgIpc) is 3.28. The first-order valence-electron chi connectivity index (χ1n) is 13.1. The molecule has 7 nitrogen and oxygen atoms in total. The van der Waals surface area contributed by atoms with Crippen LogP contribution in [0.1, 0.15) is 64.7 Å². The van der Waals surface area contributed by atoms with Gasteiger partial charge in [-0.25, -0.2) is 8.42 Å². The van der Waals surface area contributed by atoms with E-state index in [1.54, 1.807) is 16.4 Å². The largest absolute Gasteiger partial charge is 0.356 e. The molecular weight excluding hydrogens is 448 g/mol. The molecule has 1 aromatic carbocycles. The van der Waals surface area contributed by atoms with Crippen LogP contribution in [-0.4, -0.2) is 66.9 Å². The molecule has 2 fully saturated rings. The number of carbonyl (C=O) groups is 1. The van der Waals surface area contributed by atoms with Gasteiger partial charge in [-0.15, -0.1) is 0 Å². The van der Waals surface area contributed by atoms with Gasteiger partial charge in [0.15, 0.2) is 0 Å². The number of rotatable bonds is 10. The Balaban J connectivity index is 1.26. The molecule has 2 aromatic rings. The minimum atomic E-state index is -3.44. The Morgan fingerprint density at radius 1 is 1.03 bits per heavy atom. The van der Waals surface area contributed by atoms with Crippen molar-refractivity contribution >= 4 is 26.8 Å². The van der Waals surface area contributed by atoms with E-state index < -0.39 is 10.0 Å². The fourth-order valence-electron chi connectivity index (χ4n) is 5.43. The molecule has 1 N–H and O–H groups in total. The van der Waals surface area contributed by atoms with Gasteiger partial charge in [-0.05, 0) is 69.3 Å². The molecule has 0 saturated carbocycles. The molecule has 8 heteroatoms. The maximum absolute atomic E-state index is 13.0. The molecule has 34 heavy (non-hydrogen) atoms. The first-order chi connectivity index (χ1) is 16.5. The highest BCUT2D eigenvalue weighted by molar-refractivity contribution is 7.89. The zero-order chi connectivity index (χ0) is 24.0. The van der Waals surface area contributed by atoms with Gasteiger partial charge in [0, 0.05) is 62.3 Å². The zero-order valence-corrected chi connectivity index (χ0v) is 21.4. The predicted molar refractivity (Wildman–Crippen MR) is 136 cm³/mol. The van der Waals surface area contributed by atoms with Crippen molar-refractivity contribution in [2.75, 3.05) is 32.7 Å². The SMILES string of the molecule is CC[C@H]1CCCCN1CCCNC(=O)CCn1ccc2cc(S(=O)(=O)N3CCCCC3)ccc21. The summed E-state index contributed by atoms with van der Waals surface area (Å²) in [4.78, 5) is 15.3. The lowest BCUT2D eigenvalue weighted by atomic mass is 10.00. The highest BCUT2D eigenvalue weighted by atomic mass is 32.2. The van der Waals surface area contributed by atoms with Crippen LogP contribution in [0.2, 0.25) is 0 Å². The van der Waals surface area contributed by atoms with Gasteiger partial charge in [-0.3, -0.25) is 4.79 Å². The molecular formula is C26H40N4O3S. The van der Waals surface area contributed by atoms with Gasteiger partial charge < -0.3 is 14.8 Å². The summed E-state index contributed by atoms with van der Waals surface area (Å²) in [7, 11) is -3.44. The molecule has 3 heterocycles. The van der Waals surface area contributed by atoms with Gasteiger partial charge >= 0.3 is 0 Å². The van der Waals surface area contributed by atoms with Crippen LogP contribution >= 0.6 is 0 Å². The third kappa shape index (κ3) is 6.01. The summed E-state index contributed by atoms with van der Waals surface area (Å²) in [5.41, 5.74) is 0.959. The topological polar surface area (TPSA) is 74.6 Å². The monoisotopic (exact) mass is 488 g/mol. The highest BCUT2D eigenvalue weighted by Crippen LogP contribution is 2.25. The second-order valence-electron chi connectivity index (χ2n) is 9.74. The molecule has 0 bridgehead atoms. The molecule has 2 saturated heterocycles. The Labute approximate surface area is 204 Å². The number of hydrogen-bond donors (Lipinski definition) is 1. The Bertz CT molecular complexity index is 1060. The second kappa shape index (κ2) is 11.7. The van der Waals surface area contributed by atoms with E-state index in [1.165, 1.54) is 32.2 Å². The van der Waals surface area contributed by atoms with Gasteiger partial charge in [-0.2, -0.15) is 4.31 Å². The fourth-order valence-corrected chi connectivity index (χ4v) is 6.98. The number of nitrogens with one attached hydrogen (secondary N) is 1. The highest BCUT2D eigenvalue weighted by Gasteiger charge is 2.26. The first kappa shape index (κ1) is 25.2. The summed E-state index contributed by atoms with van der Waals surface area (Å²) in [5.74, 6) is 0.0665. The van der Waals surface area contributed by atoms with E-state index in [0.29, 0.717) is 37.0 Å². The summed E-state index contributed by atoms with van der Waals surface area (Å²) in [5, 5.41) is 3.96. The zero-order valence-electron chi connectivity index (χ0n) is 20.5. The van der Waals surface area contributed by atoms with Crippen LogP contribution in [0.25, 0.3) is 10.9 Å². The van der Waals surface area contributed by atoms with E-state index in [2.05, 4.69) is 17.1 Å². The van der Waals surface area contributed by atoms with Crippen molar-refractivity contribution in [3.8, 4) is 0 Å². The molecule has 0 radical (unpaired) electrons. The van der Waals surface area contributed by atoms with Crippen LogP contribution in [0.3, 0.4) is 0 Å². The van der Waals surface area contributed by atoms with E-state index in [1.807, 2.05) is 22.9 Å². The van der Waals surface area contributed by atoms with Crippen molar-refractivity contribution in [1.29, 1.82) is 0 Å². The number of aromatic nitrogens is 1. The van der Waals surface area contributed by atoms with Gasteiger partial charge in [0.25, 0.3) is 0 Å². The summed E-state index contributed by atoms with van der Waals surface area (Å²) in [6, 6.07) is 7.98. The quantitative estimate of drug-likeness (QED) is 0.514. The average molecular weight is 489 g/mol. The van der Waals surface area contributed by atoms with Crippen molar-refractivity contribution < 1.29 is 13.2 Å². The molecule has 188 valence electrons. The van der Waals surface area contributed by atoms with Crippen molar-refractivity contribution in [2.24, 2.45) is 0 Å². The standard InChI is InChI=1S/C26H40N4O3S/c1-2-23-9-4-7-15-28(23)16-8-14-27-26(31)13-20-29-19-12-22-21-24(10-11-25(22)29)34(32,33)30-17-5-3-6-18-30/h10-12,19,21,23H,2-9,13-18,20H2,1H3,(H,27,31)/t23-/m0/s1. The lowest BCUT2D eigenvalue weighted by molar-refractivity contribution is -0.121. The van der Waals surface area contributed by atoms with Crippen LogP contribution in [-0.2, 0) is 21.4 Å². The van der Waals surface area contributed by atoms with Crippen molar-refractivity contribution in [3.63, 3.8) is 0 Å². The number of aryl methyl sites for hydroxylation is 1.